The van der Waals surface area contributed by atoms with Crippen molar-refractivity contribution < 1.29 is 33.9 Å². The lowest BCUT2D eigenvalue weighted by molar-refractivity contribution is -0.385. The number of carboxylic acids is 1. The fourth-order valence-electron chi connectivity index (χ4n) is 2.87. The van der Waals surface area contributed by atoms with Crippen LogP contribution in [0.3, 0.4) is 0 Å². The molecule has 2 N–H and O–H groups in total. The van der Waals surface area contributed by atoms with Crippen LogP contribution in [-0.2, 0) is 25.5 Å². The summed E-state index contributed by atoms with van der Waals surface area (Å²) in [6.45, 7) is 4.93. The van der Waals surface area contributed by atoms with E-state index in [-0.39, 0.29) is 11.3 Å². The lowest BCUT2D eigenvalue weighted by Crippen LogP contribution is -2.44. The van der Waals surface area contributed by atoms with E-state index < -0.39 is 47.1 Å². The number of ether oxygens (including phenoxy) is 2. The van der Waals surface area contributed by atoms with Crippen molar-refractivity contribution in [2.24, 2.45) is 0 Å². The predicted molar refractivity (Wildman–Crippen MR) is 113 cm³/mol. The molecule has 10 heteroatoms. The van der Waals surface area contributed by atoms with Gasteiger partial charge in [-0.2, -0.15) is 0 Å². The lowest BCUT2D eigenvalue weighted by Gasteiger charge is -2.27. The monoisotopic (exact) mass is 444 g/mol. The normalized spacial score (nSPS) is 12.8. The molecule has 0 aliphatic carbocycles. The Hall–Kier alpha value is -3.95. The van der Waals surface area contributed by atoms with E-state index in [1.54, 1.807) is 51.1 Å². The van der Waals surface area contributed by atoms with Gasteiger partial charge in [0, 0.05) is 11.6 Å². The Morgan fingerprint density at radius 3 is 2.22 bits per heavy atom. The molecule has 0 aliphatic heterocycles. The number of nitro groups is 1. The van der Waals surface area contributed by atoms with Crippen molar-refractivity contribution in [1.29, 1.82) is 0 Å². The summed E-state index contributed by atoms with van der Waals surface area (Å²) in [7, 11) is 0. The molecule has 2 aromatic carbocycles. The van der Waals surface area contributed by atoms with Crippen LogP contribution in [0.1, 0.15) is 37.9 Å². The van der Waals surface area contributed by atoms with Crippen molar-refractivity contribution in [2.45, 2.75) is 44.9 Å². The zero-order valence-corrected chi connectivity index (χ0v) is 17.8. The SMILES string of the molecule is CC(C)(C)OC(=O)N[C@@H](c1ccccc1)[C@@H](OC(=O)Cc1ccccc1[N+](=O)[O-])C(=O)O. The van der Waals surface area contributed by atoms with Crippen molar-refractivity contribution in [3.63, 3.8) is 0 Å². The molecule has 0 saturated heterocycles. The van der Waals surface area contributed by atoms with Crippen molar-refractivity contribution in [3.05, 3.63) is 75.8 Å². The van der Waals surface area contributed by atoms with Gasteiger partial charge in [0.2, 0.25) is 6.10 Å². The molecule has 0 saturated carbocycles. The number of alkyl carbamates (subject to hydrolysis) is 1. The van der Waals surface area contributed by atoms with Gasteiger partial charge in [0.05, 0.1) is 11.3 Å². The van der Waals surface area contributed by atoms with Gasteiger partial charge in [-0.05, 0) is 26.3 Å². The largest absolute Gasteiger partial charge is 0.478 e. The van der Waals surface area contributed by atoms with Crippen molar-refractivity contribution in [1.82, 2.24) is 5.32 Å². The highest BCUT2D eigenvalue weighted by molar-refractivity contribution is 5.81. The predicted octanol–water partition coefficient (Wildman–Crippen LogP) is 3.40. The fraction of sp³-hybridized carbons (Fsp3) is 0.318. The van der Waals surface area contributed by atoms with Crippen molar-refractivity contribution in [2.75, 3.05) is 0 Å². The third kappa shape index (κ3) is 7.08. The van der Waals surface area contributed by atoms with Gasteiger partial charge in [0.25, 0.3) is 5.69 Å². The van der Waals surface area contributed by atoms with Crippen molar-refractivity contribution in [3.8, 4) is 0 Å². The first-order chi connectivity index (χ1) is 15.0. The molecule has 0 unspecified atom stereocenters. The summed E-state index contributed by atoms with van der Waals surface area (Å²) in [5.41, 5.74) is -0.692. The maximum Gasteiger partial charge on any atom is 0.408 e. The number of amides is 1. The number of esters is 1. The van der Waals surface area contributed by atoms with Crippen LogP contribution >= 0.6 is 0 Å². The summed E-state index contributed by atoms with van der Waals surface area (Å²) in [6, 6.07) is 12.4. The number of nitrogens with zero attached hydrogens (tertiary/aromatic N) is 1. The fourth-order valence-corrected chi connectivity index (χ4v) is 2.87. The van der Waals surface area contributed by atoms with Gasteiger partial charge in [-0.15, -0.1) is 0 Å². The summed E-state index contributed by atoms with van der Waals surface area (Å²) < 4.78 is 10.4. The number of nitro benzene ring substituents is 1. The molecule has 0 aromatic heterocycles. The van der Waals surface area contributed by atoms with Crippen LogP contribution in [0.15, 0.2) is 54.6 Å². The molecule has 1 amide bonds. The minimum absolute atomic E-state index is 0.0722. The highest BCUT2D eigenvalue weighted by Crippen LogP contribution is 2.23. The van der Waals surface area contributed by atoms with Crippen LogP contribution in [0.4, 0.5) is 10.5 Å². The molecule has 170 valence electrons. The summed E-state index contributed by atoms with van der Waals surface area (Å²) in [5, 5.41) is 23.3. The average Bonchev–Trinajstić information content (AvgIpc) is 2.70. The maximum atomic E-state index is 12.5. The second kappa shape index (κ2) is 10.4. The van der Waals surface area contributed by atoms with E-state index in [4.69, 9.17) is 9.47 Å². The van der Waals surface area contributed by atoms with Crippen molar-refractivity contribution >= 4 is 23.7 Å². The van der Waals surface area contributed by atoms with Gasteiger partial charge in [-0.1, -0.05) is 48.5 Å². The molecule has 0 bridgehead atoms. The van der Waals surface area contributed by atoms with E-state index in [0.29, 0.717) is 5.56 Å². The number of aliphatic carboxylic acids is 1. The van der Waals surface area contributed by atoms with E-state index in [1.165, 1.54) is 24.3 Å². The molecule has 0 heterocycles. The second-order valence-corrected chi connectivity index (χ2v) is 7.85. The molecular weight excluding hydrogens is 420 g/mol. The lowest BCUT2D eigenvalue weighted by atomic mass is 10.0. The Morgan fingerprint density at radius 2 is 1.66 bits per heavy atom. The van der Waals surface area contributed by atoms with E-state index in [0.717, 1.165) is 0 Å². The van der Waals surface area contributed by atoms with E-state index in [9.17, 15) is 29.6 Å². The smallest absolute Gasteiger partial charge is 0.408 e. The molecule has 2 aromatic rings. The number of benzene rings is 2. The third-order valence-corrected chi connectivity index (χ3v) is 4.16. The number of hydrogen-bond acceptors (Lipinski definition) is 7. The van der Waals surface area contributed by atoms with Crippen LogP contribution in [0.5, 0.6) is 0 Å². The summed E-state index contributed by atoms with van der Waals surface area (Å²) in [5.74, 6) is -2.51. The summed E-state index contributed by atoms with van der Waals surface area (Å²) in [6.07, 6.45) is -3.22. The van der Waals surface area contributed by atoms with E-state index in [2.05, 4.69) is 5.32 Å². The third-order valence-electron chi connectivity index (χ3n) is 4.16. The van der Waals surface area contributed by atoms with Crippen LogP contribution in [0.25, 0.3) is 0 Å². The Kier molecular flexibility index (Phi) is 7.89. The number of rotatable bonds is 8. The molecule has 2 atom stereocenters. The van der Waals surface area contributed by atoms with Crippen LogP contribution in [0, 0.1) is 10.1 Å². The van der Waals surface area contributed by atoms with Crippen LogP contribution in [-0.4, -0.2) is 39.8 Å². The van der Waals surface area contributed by atoms with E-state index >= 15 is 0 Å². The van der Waals surface area contributed by atoms with Gasteiger partial charge >= 0.3 is 18.0 Å². The highest BCUT2D eigenvalue weighted by Gasteiger charge is 2.36. The van der Waals surface area contributed by atoms with Crippen LogP contribution in [0.2, 0.25) is 0 Å². The number of carbonyl (C=O) groups excluding carboxylic acids is 2. The Labute approximate surface area is 184 Å². The topological polar surface area (TPSA) is 145 Å². The Balaban J connectivity index is 2.28. The molecule has 0 spiro atoms. The number of hydrogen-bond donors (Lipinski definition) is 2. The van der Waals surface area contributed by atoms with E-state index in [1.807, 2.05) is 0 Å². The summed E-state index contributed by atoms with van der Waals surface area (Å²) >= 11 is 0. The minimum atomic E-state index is -1.81. The Morgan fingerprint density at radius 1 is 1.06 bits per heavy atom. The number of carbonyl (C=O) groups is 3. The number of para-hydroxylation sites is 1. The Bertz CT molecular complexity index is 985. The van der Waals surface area contributed by atoms with Crippen LogP contribution < -0.4 is 5.32 Å². The molecule has 0 radical (unpaired) electrons. The molecule has 0 aliphatic rings. The first kappa shape index (κ1) is 24.3. The molecule has 0 fully saturated rings. The van der Waals surface area contributed by atoms with Gasteiger partial charge in [0.1, 0.15) is 11.6 Å². The zero-order chi connectivity index (χ0) is 23.9. The van der Waals surface area contributed by atoms with Gasteiger partial charge in [-0.3, -0.25) is 14.9 Å². The quantitative estimate of drug-likeness (QED) is 0.358. The summed E-state index contributed by atoms with van der Waals surface area (Å²) in [4.78, 5) is 47.3. The second-order valence-electron chi connectivity index (χ2n) is 7.85. The molecule has 2 rings (SSSR count). The van der Waals surface area contributed by atoms with Gasteiger partial charge in [0.15, 0.2) is 0 Å². The first-order valence-corrected chi connectivity index (χ1v) is 9.67. The maximum absolute atomic E-state index is 12.5. The highest BCUT2D eigenvalue weighted by atomic mass is 16.6. The van der Waals surface area contributed by atoms with Gasteiger partial charge < -0.3 is 19.9 Å². The molecule has 32 heavy (non-hydrogen) atoms. The van der Waals surface area contributed by atoms with Gasteiger partial charge in [-0.25, -0.2) is 9.59 Å². The molecular formula is C22H24N2O8. The standard InChI is InChI=1S/C22H24N2O8/c1-22(2,3)32-21(28)23-18(14-9-5-4-6-10-14)19(20(26)27)31-17(25)13-15-11-7-8-12-16(15)24(29)30/h4-12,18-19H,13H2,1-3H3,(H,23,28)(H,26,27)/t18-,19+/m0/s1. The minimum Gasteiger partial charge on any atom is -0.478 e. The molecule has 10 nitrogen and oxygen atoms in total. The average molecular weight is 444 g/mol. The number of carboxylic acid groups (broad SMARTS) is 1. The number of nitrogens with one attached hydrogen (secondary N) is 1. The zero-order valence-electron chi connectivity index (χ0n) is 17.8. The first-order valence-electron chi connectivity index (χ1n) is 9.67.